The lowest BCUT2D eigenvalue weighted by Gasteiger charge is -2.13. The number of carbonyl (C=O) groups excluding carboxylic acids is 1. The molecule has 0 spiro atoms. The fourth-order valence-corrected chi connectivity index (χ4v) is 4.36. The Balaban J connectivity index is 1.56. The third kappa shape index (κ3) is 7.24. The SMILES string of the molecule is CCCCOc1ccc(CCC(=O)Nc2ccc(S(=O)(=O)Nc3onc(C)c3C)cc2)cc1OCC. The van der Waals surface area contributed by atoms with E-state index >= 15 is 0 Å². The molecule has 10 heteroatoms. The first-order valence-corrected chi connectivity index (χ1v) is 13.5. The first-order chi connectivity index (χ1) is 17.2. The van der Waals surface area contributed by atoms with Gasteiger partial charge in [-0.1, -0.05) is 24.6 Å². The molecule has 194 valence electrons. The topological polar surface area (TPSA) is 120 Å². The van der Waals surface area contributed by atoms with Crippen molar-refractivity contribution in [3.63, 3.8) is 0 Å². The highest BCUT2D eigenvalue weighted by molar-refractivity contribution is 7.92. The molecule has 0 saturated carbocycles. The van der Waals surface area contributed by atoms with E-state index in [4.69, 9.17) is 14.0 Å². The number of rotatable bonds is 13. The quantitative estimate of drug-likeness (QED) is 0.299. The smallest absolute Gasteiger partial charge is 0.264 e. The molecular weight excluding hydrogens is 482 g/mol. The number of benzene rings is 2. The number of hydrogen-bond donors (Lipinski definition) is 2. The van der Waals surface area contributed by atoms with Gasteiger partial charge in [-0.2, -0.15) is 0 Å². The molecule has 1 amide bonds. The van der Waals surface area contributed by atoms with Crippen LogP contribution < -0.4 is 19.5 Å². The lowest BCUT2D eigenvalue weighted by molar-refractivity contribution is -0.116. The molecule has 3 rings (SSSR count). The van der Waals surface area contributed by atoms with Crippen molar-refractivity contribution in [2.45, 2.75) is 58.3 Å². The van der Waals surface area contributed by atoms with E-state index in [0.717, 1.165) is 18.4 Å². The van der Waals surface area contributed by atoms with E-state index in [1.165, 1.54) is 12.1 Å². The Kier molecular flexibility index (Phi) is 9.35. The van der Waals surface area contributed by atoms with Gasteiger partial charge in [-0.3, -0.25) is 4.79 Å². The van der Waals surface area contributed by atoms with Crippen LogP contribution in [-0.4, -0.2) is 32.7 Å². The number of amides is 1. The lowest BCUT2D eigenvalue weighted by Crippen LogP contribution is -2.14. The van der Waals surface area contributed by atoms with Gasteiger partial charge in [0, 0.05) is 17.7 Å². The minimum Gasteiger partial charge on any atom is -0.490 e. The molecule has 0 aliphatic rings. The van der Waals surface area contributed by atoms with Crippen LogP contribution in [0.4, 0.5) is 11.6 Å². The van der Waals surface area contributed by atoms with Gasteiger partial charge in [-0.05, 0) is 75.6 Å². The molecule has 3 aromatic rings. The van der Waals surface area contributed by atoms with Crippen molar-refractivity contribution in [1.29, 1.82) is 0 Å². The minimum absolute atomic E-state index is 0.0404. The molecule has 0 radical (unpaired) electrons. The Hall–Kier alpha value is -3.53. The van der Waals surface area contributed by atoms with Crippen molar-refractivity contribution in [1.82, 2.24) is 5.16 Å². The van der Waals surface area contributed by atoms with Crippen LogP contribution in [0.1, 0.15) is 49.9 Å². The molecule has 2 aromatic carbocycles. The van der Waals surface area contributed by atoms with E-state index in [-0.39, 0.29) is 23.1 Å². The van der Waals surface area contributed by atoms with Crippen LogP contribution in [0.2, 0.25) is 0 Å². The third-order valence-corrected chi connectivity index (χ3v) is 6.88. The van der Waals surface area contributed by atoms with E-state index in [1.54, 1.807) is 26.0 Å². The predicted octanol–water partition coefficient (Wildman–Crippen LogP) is 5.24. The van der Waals surface area contributed by atoms with Gasteiger partial charge in [0.1, 0.15) is 0 Å². The Bertz CT molecular complexity index is 1270. The summed E-state index contributed by atoms with van der Waals surface area (Å²) in [5.41, 5.74) is 2.69. The summed E-state index contributed by atoms with van der Waals surface area (Å²) >= 11 is 0. The second-order valence-electron chi connectivity index (χ2n) is 8.32. The Morgan fingerprint density at radius 1 is 1.03 bits per heavy atom. The maximum absolute atomic E-state index is 12.6. The van der Waals surface area contributed by atoms with Gasteiger partial charge in [0.05, 0.1) is 23.8 Å². The number of ether oxygens (including phenoxy) is 2. The van der Waals surface area contributed by atoms with E-state index in [9.17, 15) is 13.2 Å². The van der Waals surface area contributed by atoms with E-state index in [2.05, 4.69) is 22.1 Å². The van der Waals surface area contributed by atoms with Crippen LogP contribution in [0.3, 0.4) is 0 Å². The maximum Gasteiger partial charge on any atom is 0.264 e. The van der Waals surface area contributed by atoms with Crippen molar-refractivity contribution in [2.24, 2.45) is 0 Å². The number of aryl methyl sites for hydroxylation is 2. The number of unbranched alkanes of at least 4 members (excludes halogenated alkanes) is 1. The van der Waals surface area contributed by atoms with Gasteiger partial charge in [0.2, 0.25) is 11.8 Å². The molecule has 0 saturated heterocycles. The number of aromatic nitrogens is 1. The number of anilines is 2. The molecule has 1 heterocycles. The molecule has 2 N–H and O–H groups in total. The summed E-state index contributed by atoms with van der Waals surface area (Å²) in [5.74, 6) is 1.28. The second kappa shape index (κ2) is 12.4. The zero-order valence-electron chi connectivity index (χ0n) is 21.1. The van der Waals surface area contributed by atoms with Gasteiger partial charge < -0.3 is 19.3 Å². The summed E-state index contributed by atoms with van der Waals surface area (Å²) in [4.78, 5) is 12.5. The maximum atomic E-state index is 12.6. The molecule has 0 aliphatic carbocycles. The Labute approximate surface area is 212 Å². The number of nitrogens with one attached hydrogen (secondary N) is 2. The number of carbonyl (C=O) groups is 1. The largest absolute Gasteiger partial charge is 0.490 e. The molecule has 0 unspecified atom stereocenters. The average molecular weight is 516 g/mol. The average Bonchev–Trinajstić information content (AvgIpc) is 3.16. The van der Waals surface area contributed by atoms with Crippen LogP contribution in [0.25, 0.3) is 0 Å². The van der Waals surface area contributed by atoms with Crippen LogP contribution in [0.15, 0.2) is 51.9 Å². The highest BCUT2D eigenvalue weighted by atomic mass is 32.2. The fraction of sp³-hybridized carbons (Fsp3) is 0.385. The van der Waals surface area contributed by atoms with Crippen molar-refractivity contribution in [3.8, 4) is 11.5 Å². The molecule has 0 atom stereocenters. The molecule has 0 fully saturated rings. The Morgan fingerprint density at radius 3 is 2.42 bits per heavy atom. The number of hydrogen-bond acceptors (Lipinski definition) is 7. The van der Waals surface area contributed by atoms with Crippen LogP contribution in [0, 0.1) is 13.8 Å². The summed E-state index contributed by atoms with van der Waals surface area (Å²) in [7, 11) is -3.85. The summed E-state index contributed by atoms with van der Waals surface area (Å²) < 4.78 is 44.2. The van der Waals surface area contributed by atoms with Gasteiger partial charge in [0.25, 0.3) is 10.0 Å². The zero-order valence-corrected chi connectivity index (χ0v) is 21.9. The van der Waals surface area contributed by atoms with Crippen LogP contribution >= 0.6 is 0 Å². The van der Waals surface area contributed by atoms with Crippen LogP contribution in [-0.2, 0) is 21.2 Å². The summed E-state index contributed by atoms with van der Waals surface area (Å²) in [6.45, 7) is 8.62. The van der Waals surface area contributed by atoms with Gasteiger partial charge in [-0.15, -0.1) is 0 Å². The zero-order chi connectivity index (χ0) is 26.1. The summed E-state index contributed by atoms with van der Waals surface area (Å²) in [6, 6.07) is 11.6. The summed E-state index contributed by atoms with van der Waals surface area (Å²) in [5, 5.41) is 6.55. The fourth-order valence-electron chi connectivity index (χ4n) is 3.31. The van der Waals surface area contributed by atoms with Gasteiger partial charge >= 0.3 is 0 Å². The monoisotopic (exact) mass is 515 g/mol. The van der Waals surface area contributed by atoms with Crippen molar-refractivity contribution in [2.75, 3.05) is 23.3 Å². The third-order valence-electron chi connectivity index (χ3n) is 5.54. The van der Waals surface area contributed by atoms with Crippen molar-refractivity contribution >= 4 is 27.5 Å². The van der Waals surface area contributed by atoms with E-state index in [0.29, 0.717) is 48.1 Å². The highest BCUT2D eigenvalue weighted by Gasteiger charge is 2.19. The molecule has 0 bridgehead atoms. The summed E-state index contributed by atoms with van der Waals surface area (Å²) in [6.07, 6.45) is 2.80. The van der Waals surface area contributed by atoms with Crippen molar-refractivity contribution < 1.29 is 27.2 Å². The molecule has 0 aliphatic heterocycles. The van der Waals surface area contributed by atoms with Crippen molar-refractivity contribution in [3.05, 3.63) is 59.3 Å². The van der Waals surface area contributed by atoms with E-state index in [1.807, 2.05) is 25.1 Å². The molecule has 9 nitrogen and oxygen atoms in total. The second-order valence-corrected chi connectivity index (χ2v) is 10.00. The van der Waals surface area contributed by atoms with Gasteiger partial charge in [-0.25, -0.2) is 13.1 Å². The normalized spacial score (nSPS) is 11.2. The highest BCUT2D eigenvalue weighted by Crippen LogP contribution is 2.29. The first kappa shape index (κ1) is 27.1. The molecule has 1 aromatic heterocycles. The first-order valence-electron chi connectivity index (χ1n) is 12.0. The molecular formula is C26H33N3O6S. The lowest BCUT2D eigenvalue weighted by atomic mass is 10.1. The van der Waals surface area contributed by atoms with Gasteiger partial charge in [0.15, 0.2) is 11.5 Å². The minimum atomic E-state index is -3.85. The van der Waals surface area contributed by atoms with E-state index < -0.39 is 10.0 Å². The number of sulfonamides is 1. The van der Waals surface area contributed by atoms with Crippen LogP contribution in [0.5, 0.6) is 11.5 Å². The number of nitrogens with zero attached hydrogens (tertiary/aromatic N) is 1. The standard InChI is InChI=1S/C26H33N3O6S/c1-5-7-16-34-23-14-8-20(17-24(23)33-6-2)9-15-25(30)27-21-10-12-22(13-11-21)36(31,32)29-26-18(3)19(4)28-35-26/h8,10-14,17,29H,5-7,9,15-16H2,1-4H3,(H,27,30). The predicted molar refractivity (Wildman–Crippen MR) is 138 cm³/mol. The molecule has 36 heavy (non-hydrogen) atoms. The Morgan fingerprint density at radius 2 is 1.78 bits per heavy atom.